The fraction of sp³-hybridized carbons (Fsp3) is 0.345. The molecule has 0 unspecified atom stereocenters. The van der Waals surface area contributed by atoms with Crippen LogP contribution in [0.2, 0.25) is 0 Å². The number of allylic oxidation sites excluding steroid dienone is 1. The van der Waals surface area contributed by atoms with Crippen molar-refractivity contribution in [1.82, 2.24) is 4.57 Å². The van der Waals surface area contributed by atoms with E-state index in [-0.39, 0.29) is 12.2 Å². The van der Waals surface area contributed by atoms with Crippen LogP contribution in [0.4, 0.5) is 5.69 Å². The summed E-state index contributed by atoms with van der Waals surface area (Å²) in [4.78, 5) is 34.4. The highest BCUT2D eigenvalue weighted by molar-refractivity contribution is 7.07. The molecule has 0 N–H and O–H groups in total. The van der Waals surface area contributed by atoms with Crippen molar-refractivity contribution in [3.8, 4) is 11.5 Å². The summed E-state index contributed by atoms with van der Waals surface area (Å²) >= 11 is 1.30. The van der Waals surface area contributed by atoms with E-state index in [4.69, 9.17) is 18.9 Å². The van der Waals surface area contributed by atoms with Crippen molar-refractivity contribution >= 4 is 29.1 Å². The lowest BCUT2D eigenvalue weighted by molar-refractivity contribution is -0.139. The molecule has 0 radical (unpaired) electrons. The van der Waals surface area contributed by atoms with Crippen LogP contribution in [0.15, 0.2) is 63.5 Å². The number of hydrogen-bond donors (Lipinski definition) is 0. The van der Waals surface area contributed by atoms with Crippen LogP contribution in [0, 0.1) is 0 Å². The van der Waals surface area contributed by atoms with Crippen LogP contribution in [-0.2, 0) is 14.3 Å². The average molecular weight is 550 g/mol. The van der Waals surface area contributed by atoms with Gasteiger partial charge in [0.05, 0.1) is 55.9 Å². The molecule has 3 aromatic rings. The highest BCUT2D eigenvalue weighted by Gasteiger charge is 2.34. The second-order valence-electron chi connectivity index (χ2n) is 9.11. The summed E-state index contributed by atoms with van der Waals surface area (Å²) in [6.45, 7) is 6.88. The minimum absolute atomic E-state index is 0.207. The van der Waals surface area contributed by atoms with Crippen molar-refractivity contribution in [3.63, 3.8) is 0 Å². The van der Waals surface area contributed by atoms with Crippen molar-refractivity contribution in [1.29, 1.82) is 0 Å². The largest absolute Gasteiger partial charge is 0.493 e. The number of aromatic nitrogens is 1. The minimum Gasteiger partial charge on any atom is -0.493 e. The summed E-state index contributed by atoms with van der Waals surface area (Å²) < 4.78 is 23.8. The van der Waals surface area contributed by atoms with Gasteiger partial charge in [0, 0.05) is 18.8 Å². The van der Waals surface area contributed by atoms with E-state index in [0.29, 0.717) is 37.7 Å². The fourth-order valence-corrected chi connectivity index (χ4v) is 5.93. The van der Waals surface area contributed by atoms with E-state index < -0.39 is 12.0 Å². The Morgan fingerprint density at radius 2 is 1.82 bits per heavy atom. The number of carbonyl (C=O) groups is 1. The molecule has 204 valence electrons. The van der Waals surface area contributed by atoms with Gasteiger partial charge in [0.2, 0.25) is 0 Å². The molecule has 1 saturated heterocycles. The van der Waals surface area contributed by atoms with Gasteiger partial charge in [0.15, 0.2) is 16.3 Å². The number of ether oxygens (including phenoxy) is 4. The summed E-state index contributed by atoms with van der Waals surface area (Å²) in [5, 5.41) is 0. The average Bonchev–Trinajstić information content (AvgIpc) is 3.26. The van der Waals surface area contributed by atoms with Crippen LogP contribution in [0.5, 0.6) is 11.5 Å². The summed E-state index contributed by atoms with van der Waals surface area (Å²) in [7, 11) is 3.10. The smallest absolute Gasteiger partial charge is 0.338 e. The van der Waals surface area contributed by atoms with Crippen molar-refractivity contribution < 1.29 is 23.7 Å². The van der Waals surface area contributed by atoms with Gasteiger partial charge < -0.3 is 23.8 Å². The number of benzene rings is 2. The first-order chi connectivity index (χ1) is 18.9. The van der Waals surface area contributed by atoms with Crippen LogP contribution < -0.4 is 29.3 Å². The number of esters is 1. The second kappa shape index (κ2) is 11.5. The van der Waals surface area contributed by atoms with E-state index in [2.05, 4.69) is 22.0 Å². The first-order valence-corrected chi connectivity index (χ1v) is 13.6. The number of anilines is 1. The molecule has 0 spiro atoms. The zero-order valence-corrected chi connectivity index (χ0v) is 23.2. The van der Waals surface area contributed by atoms with E-state index in [0.717, 1.165) is 37.6 Å². The molecule has 1 aromatic heterocycles. The molecule has 0 saturated carbocycles. The number of methoxy groups -OCH3 is 2. The second-order valence-corrected chi connectivity index (χ2v) is 10.1. The molecule has 0 aliphatic carbocycles. The van der Waals surface area contributed by atoms with Gasteiger partial charge in [0.25, 0.3) is 5.56 Å². The van der Waals surface area contributed by atoms with Crippen LogP contribution in [-0.4, -0.2) is 57.7 Å². The first-order valence-electron chi connectivity index (χ1n) is 12.8. The lowest BCUT2D eigenvalue weighted by Gasteiger charge is -2.28. The van der Waals surface area contributed by atoms with Crippen molar-refractivity contribution in [2.75, 3.05) is 52.0 Å². The van der Waals surface area contributed by atoms with E-state index >= 15 is 0 Å². The molecule has 2 aromatic carbocycles. The van der Waals surface area contributed by atoms with Crippen LogP contribution in [0.3, 0.4) is 0 Å². The number of morpholine rings is 1. The Kier molecular flexibility index (Phi) is 7.85. The Balaban J connectivity index is 1.61. The number of thiazole rings is 1. The molecule has 3 heterocycles. The SMILES string of the molecule is CCOC(=O)C1=C(C)N=c2s/c(=C/c3ccc(N4CCOCC4)cc3)c(=O)n2[C@H]1c1ccc(OC)c(OC)c1. The lowest BCUT2D eigenvalue weighted by Crippen LogP contribution is -2.40. The van der Waals surface area contributed by atoms with E-state index in [1.165, 1.54) is 11.3 Å². The Labute approximate surface area is 230 Å². The predicted molar refractivity (Wildman–Crippen MR) is 149 cm³/mol. The number of carbonyl (C=O) groups excluding carboxylic acids is 1. The molecule has 2 aliphatic heterocycles. The number of nitrogens with zero attached hydrogens (tertiary/aromatic N) is 3. The standard InChI is InChI=1S/C29H31N3O6S/c1-5-38-28(34)25-18(2)30-29-32(26(25)20-8-11-22(35-3)23(17-20)36-4)27(33)24(39-29)16-19-6-9-21(10-7-19)31-12-14-37-15-13-31/h6-11,16-17,26H,5,12-15H2,1-4H3/b24-16+/t26-/m0/s1. The molecule has 2 aliphatic rings. The van der Waals surface area contributed by atoms with Gasteiger partial charge in [-0.05, 0) is 55.3 Å². The third-order valence-corrected chi connectivity index (χ3v) is 7.79. The molecule has 9 nitrogen and oxygen atoms in total. The summed E-state index contributed by atoms with van der Waals surface area (Å²) in [6.07, 6.45) is 1.86. The van der Waals surface area contributed by atoms with Crippen LogP contribution in [0.1, 0.15) is 31.0 Å². The van der Waals surface area contributed by atoms with Gasteiger partial charge >= 0.3 is 5.97 Å². The number of rotatable bonds is 7. The highest BCUT2D eigenvalue weighted by atomic mass is 32.1. The van der Waals surface area contributed by atoms with Gasteiger partial charge in [-0.1, -0.05) is 29.5 Å². The third-order valence-electron chi connectivity index (χ3n) is 6.81. The van der Waals surface area contributed by atoms with Gasteiger partial charge in [-0.25, -0.2) is 9.79 Å². The van der Waals surface area contributed by atoms with E-state index in [1.807, 2.05) is 24.3 Å². The van der Waals surface area contributed by atoms with Crippen molar-refractivity contribution in [2.45, 2.75) is 19.9 Å². The Morgan fingerprint density at radius 1 is 1.10 bits per heavy atom. The zero-order chi connectivity index (χ0) is 27.5. The predicted octanol–water partition coefficient (Wildman–Crippen LogP) is 2.65. The van der Waals surface area contributed by atoms with Gasteiger partial charge in [-0.3, -0.25) is 9.36 Å². The monoisotopic (exact) mass is 549 g/mol. The molecular formula is C29H31N3O6S. The molecule has 0 bridgehead atoms. The van der Waals surface area contributed by atoms with Crippen LogP contribution in [0.25, 0.3) is 6.08 Å². The molecule has 1 fully saturated rings. The maximum absolute atomic E-state index is 13.9. The van der Waals surface area contributed by atoms with Gasteiger partial charge in [-0.2, -0.15) is 0 Å². The number of hydrogen-bond acceptors (Lipinski definition) is 9. The van der Waals surface area contributed by atoms with E-state index in [1.54, 1.807) is 44.8 Å². The Morgan fingerprint density at radius 3 is 2.49 bits per heavy atom. The van der Waals surface area contributed by atoms with Gasteiger partial charge in [0.1, 0.15) is 0 Å². The molecule has 39 heavy (non-hydrogen) atoms. The first kappa shape index (κ1) is 26.7. The Hall–Kier alpha value is -3.89. The summed E-state index contributed by atoms with van der Waals surface area (Å²) in [5.41, 5.74) is 3.31. The maximum atomic E-state index is 13.9. The summed E-state index contributed by atoms with van der Waals surface area (Å²) in [5.74, 6) is 0.537. The Bertz CT molecular complexity index is 1580. The molecular weight excluding hydrogens is 518 g/mol. The minimum atomic E-state index is -0.731. The fourth-order valence-electron chi connectivity index (χ4n) is 4.88. The molecule has 5 rings (SSSR count). The van der Waals surface area contributed by atoms with E-state index in [9.17, 15) is 9.59 Å². The third kappa shape index (κ3) is 5.22. The maximum Gasteiger partial charge on any atom is 0.338 e. The zero-order valence-electron chi connectivity index (χ0n) is 22.4. The van der Waals surface area contributed by atoms with Crippen molar-refractivity contribution in [3.05, 3.63) is 84.5 Å². The van der Waals surface area contributed by atoms with Crippen molar-refractivity contribution in [2.24, 2.45) is 4.99 Å². The van der Waals surface area contributed by atoms with Crippen LogP contribution >= 0.6 is 11.3 Å². The summed E-state index contributed by atoms with van der Waals surface area (Å²) in [6, 6.07) is 12.8. The normalized spacial score (nSPS) is 17.5. The number of fused-ring (bicyclic) bond motifs is 1. The molecule has 10 heteroatoms. The quantitative estimate of drug-likeness (QED) is 0.419. The highest BCUT2D eigenvalue weighted by Crippen LogP contribution is 2.36. The topological polar surface area (TPSA) is 91.6 Å². The molecule has 1 atom stereocenters. The molecule has 0 amide bonds. The van der Waals surface area contributed by atoms with Gasteiger partial charge in [-0.15, -0.1) is 0 Å². The lowest BCUT2D eigenvalue weighted by atomic mass is 9.95.